The summed E-state index contributed by atoms with van der Waals surface area (Å²) < 4.78 is 5.20. The second-order valence-corrected chi connectivity index (χ2v) is 7.94. The normalized spacial score (nSPS) is 11.2. The van der Waals surface area contributed by atoms with E-state index in [-0.39, 0.29) is 5.91 Å². The molecule has 0 heterocycles. The third kappa shape index (κ3) is 7.40. The number of carbonyl (C=O) groups excluding carboxylic acids is 2. The number of nitrogens with one attached hydrogen (secondary N) is 2. The highest BCUT2D eigenvalue weighted by Gasteiger charge is 2.16. The number of anilines is 1. The van der Waals surface area contributed by atoms with E-state index >= 15 is 0 Å². The molecule has 0 spiro atoms. The van der Waals surface area contributed by atoms with Crippen molar-refractivity contribution in [3.8, 4) is 0 Å². The maximum Gasteiger partial charge on any atom is 0.412 e. The van der Waals surface area contributed by atoms with Crippen molar-refractivity contribution in [1.29, 1.82) is 0 Å². The second-order valence-electron chi connectivity index (χ2n) is 7.94. The van der Waals surface area contributed by atoms with E-state index in [1.165, 1.54) is 5.56 Å². The predicted octanol–water partition coefficient (Wildman–Crippen LogP) is 4.03. The first kappa shape index (κ1) is 21.4. The summed E-state index contributed by atoms with van der Waals surface area (Å²) in [6.07, 6.45) is -0.526. The largest absolute Gasteiger partial charge is 0.444 e. The molecule has 150 valence electrons. The summed E-state index contributed by atoms with van der Waals surface area (Å²) in [6, 6.07) is 14.9. The maximum absolute atomic E-state index is 12.3. The Morgan fingerprint density at radius 1 is 0.929 bits per heavy atom. The van der Waals surface area contributed by atoms with E-state index in [4.69, 9.17) is 4.74 Å². The van der Waals surface area contributed by atoms with Gasteiger partial charge < -0.3 is 15.0 Å². The Morgan fingerprint density at radius 2 is 1.50 bits per heavy atom. The van der Waals surface area contributed by atoms with Crippen molar-refractivity contribution in [3.05, 3.63) is 65.2 Å². The van der Waals surface area contributed by atoms with Crippen LogP contribution in [-0.4, -0.2) is 36.6 Å². The van der Waals surface area contributed by atoms with Gasteiger partial charge in [-0.1, -0.05) is 24.3 Å². The molecule has 0 fully saturated rings. The van der Waals surface area contributed by atoms with Crippen LogP contribution < -0.4 is 10.6 Å². The van der Waals surface area contributed by atoms with Gasteiger partial charge in [-0.15, -0.1) is 0 Å². The van der Waals surface area contributed by atoms with E-state index in [9.17, 15) is 9.59 Å². The quantitative estimate of drug-likeness (QED) is 0.790. The van der Waals surface area contributed by atoms with Gasteiger partial charge in [-0.05, 0) is 70.3 Å². The maximum atomic E-state index is 12.3. The molecule has 0 atom stereocenters. The molecule has 0 saturated carbocycles. The summed E-state index contributed by atoms with van der Waals surface area (Å²) in [4.78, 5) is 26.2. The number of amides is 2. The summed E-state index contributed by atoms with van der Waals surface area (Å²) in [5.74, 6) is -0.166. The van der Waals surface area contributed by atoms with Crippen molar-refractivity contribution in [1.82, 2.24) is 10.2 Å². The molecule has 2 amide bonds. The first-order chi connectivity index (χ1) is 13.1. The lowest BCUT2D eigenvalue weighted by Gasteiger charge is -2.19. The molecular formula is C22H29N3O3. The lowest BCUT2D eigenvalue weighted by molar-refractivity contribution is 0.0635. The number of rotatable bonds is 6. The molecule has 0 aliphatic rings. The van der Waals surface area contributed by atoms with Crippen LogP contribution in [0, 0.1) is 0 Å². The molecule has 2 N–H and O–H groups in total. The van der Waals surface area contributed by atoms with E-state index in [1.807, 2.05) is 26.2 Å². The molecule has 0 saturated heterocycles. The summed E-state index contributed by atoms with van der Waals surface area (Å²) in [6.45, 7) is 6.75. The lowest BCUT2D eigenvalue weighted by Crippen LogP contribution is -2.27. The average Bonchev–Trinajstić information content (AvgIpc) is 2.59. The molecule has 0 aromatic heterocycles. The molecule has 28 heavy (non-hydrogen) atoms. The van der Waals surface area contributed by atoms with Gasteiger partial charge in [0, 0.05) is 24.3 Å². The Kier molecular flexibility index (Phi) is 7.18. The Morgan fingerprint density at radius 3 is 2.04 bits per heavy atom. The summed E-state index contributed by atoms with van der Waals surface area (Å²) in [5, 5.41) is 5.55. The average molecular weight is 383 g/mol. The summed E-state index contributed by atoms with van der Waals surface area (Å²) in [5.41, 5.74) is 2.81. The Hall–Kier alpha value is -2.86. The second kappa shape index (κ2) is 9.37. The summed E-state index contributed by atoms with van der Waals surface area (Å²) in [7, 11) is 4.06. The van der Waals surface area contributed by atoms with Crippen molar-refractivity contribution < 1.29 is 14.3 Å². The smallest absolute Gasteiger partial charge is 0.412 e. The number of carbonyl (C=O) groups is 2. The van der Waals surface area contributed by atoms with Gasteiger partial charge in [-0.25, -0.2) is 4.79 Å². The van der Waals surface area contributed by atoms with Crippen molar-refractivity contribution in [2.45, 2.75) is 39.5 Å². The van der Waals surface area contributed by atoms with Gasteiger partial charge in [0.15, 0.2) is 0 Å². The topological polar surface area (TPSA) is 70.7 Å². The predicted molar refractivity (Wildman–Crippen MR) is 111 cm³/mol. The fourth-order valence-corrected chi connectivity index (χ4v) is 2.54. The van der Waals surface area contributed by atoms with E-state index in [1.54, 1.807) is 45.0 Å². The zero-order valence-corrected chi connectivity index (χ0v) is 17.2. The molecule has 2 rings (SSSR count). The molecule has 0 radical (unpaired) electrons. The van der Waals surface area contributed by atoms with E-state index < -0.39 is 11.7 Å². The fourth-order valence-electron chi connectivity index (χ4n) is 2.54. The van der Waals surface area contributed by atoms with Gasteiger partial charge in [-0.3, -0.25) is 10.1 Å². The molecule has 6 nitrogen and oxygen atoms in total. The first-order valence-corrected chi connectivity index (χ1v) is 9.23. The number of hydrogen-bond donors (Lipinski definition) is 2. The van der Waals surface area contributed by atoms with Crippen molar-refractivity contribution in [2.24, 2.45) is 0 Å². The van der Waals surface area contributed by atoms with E-state index in [2.05, 4.69) is 27.7 Å². The highest BCUT2D eigenvalue weighted by Crippen LogP contribution is 2.13. The third-order valence-electron chi connectivity index (χ3n) is 3.77. The molecule has 0 unspecified atom stereocenters. The van der Waals surface area contributed by atoms with Crippen LogP contribution in [0.2, 0.25) is 0 Å². The number of nitrogens with zero attached hydrogens (tertiary/aromatic N) is 1. The first-order valence-electron chi connectivity index (χ1n) is 9.23. The molecule has 0 aliphatic carbocycles. The van der Waals surface area contributed by atoms with Gasteiger partial charge in [0.05, 0.1) is 0 Å². The minimum atomic E-state index is -0.561. The van der Waals surface area contributed by atoms with E-state index in [0.29, 0.717) is 17.8 Å². The van der Waals surface area contributed by atoms with Crippen LogP contribution in [0.1, 0.15) is 42.3 Å². The van der Waals surface area contributed by atoms with Crippen LogP contribution in [0.4, 0.5) is 10.5 Å². The number of benzene rings is 2. The lowest BCUT2D eigenvalue weighted by atomic mass is 10.1. The summed E-state index contributed by atoms with van der Waals surface area (Å²) >= 11 is 0. The molecule has 2 aromatic carbocycles. The zero-order chi connectivity index (χ0) is 20.7. The van der Waals surface area contributed by atoms with Crippen LogP contribution in [0.25, 0.3) is 0 Å². The van der Waals surface area contributed by atoms with Crippen molar-refractivity contribution in [2.75, 3.05) is 19.4 Å². The fraction of sp³-hybridized carbons (Fsp3) is 0.364. The van der Waals surface area contributed by atoms with E-state index in [0.717, 1.165) is 12.1 Å². The zero-order valence-electron chi connectivity index (χ0n) is 17.2. The third-order valence-corrected chi connectivity index (χ3v) is 3.77. The molecule has 0 bridgehead atoms. The monoisotopic (exact) mass is 383 g/mol. The SMILES string of the molecule is CN(C)Cc1ccc(CNC(=O)c2ccc(NC(=O)OC(C)(C)C)cc2)cc1. The van der Waals surface area contributed by atoms with Crippen LogP contribution in [-0.2, 0) is 17.8 Å². The van der Waals surface area contributed by atoms with Gasteiger partial charge >= 0.3 is 6.09 Å². The van der Waals surface area contributed by atoms with Crippen LogP contribution in [0.3, 0.4) is 0 Å². The minimum absolute atomic E-state index is 0.166. The van der Waals surface area contributed by atoms with Crippen molar-refractivity contribution in [3.63, 3.8) is 0 Å². The van der Waals surface area contributed by atoms with Gasteiger partial charge in [-0.2, -0.15) is 0 Å². The Labute approximate surface area is 166 Å². The van der Waals surface area contributed by atoms with Crippen LogP contribution in [0.15, 0.2) is 48.5 Å². The Balaban J connectivity index is 1.86. The van der Waals surface area contributed by atoms with Gasteiger partial charge in [0.2, 0.25) is 0 Å². The highest BCUT2D eigenvalue weighted by atomic mass is 16.6. The van der Waals surface area contributed by atoms with Gasteiger partial charge in [0.1, 0.15) is 5.60 Å². The van der Waals surface area contributed by atoms with Crippen molar-refractivity contribution >= 4 is 17.7 Å². The molecule has 6 heteroatoms. The molecule has 0 aliphatic heterocycles. The minimum Gasteiger partial charge on any atom is -0.444 e. The number of hydrogen-bond acceptors (Lipinski definition) is 4. The molecular weight excluding hydrogens is 354 g/mol. The molecule has 2 aromatic rings. The number of ether oxygens (including phenoxy) is 1. The van der Waals surface area contributed by atoms with Crippen LogP contribution in [0.5, 0.6) is 0 Å². The Bertz CT molecular complexity index is 791. The van der Waals surface area contributed by atoms with Crippen LogP contribution >= 0.6 is 0 Å². The highest BCUT2D eigenvalue weighted by molar-refractivity contribution is 5.95. The van der Waals surface area contributed by atoms with Gasteiger partial charge in [0.25, 0.3) is 5.91 Å². The standard InChI is InChI=1S/C22H29N3O3/c1-22(2,3)28-21(27)24-19-12-10-18(11-13-19)20(26)23-14-16-6-8-17(9-7-16)15-25(4)5/h6-13H,14-15H2,1-5H3,(H,23,26)(H,24,27).